The number of rotatable bonds is 5. The van der Waals surface area contributed by atoms with Crippen LogP contribution in [0, 0.1) is 0 Å². The SMILES string of the molecule is O=C(CSc1nc(-c2ccco2)nc2ccccc12)N1CCCC1c1ccc2c(c1)OCCO2. The summed E-state index contributed by atoms with van der Waals surface area (Å²) in [6, 6.07) is 17.6. The Kier molecular flexibility index (Phi) is 5.58. The van der Waals surface area contributed by atoms with Crippen molar-refractivity contribution in [3.63, 3.8) is 0 Å². The lowest BCUT2D eigenvalue weighted by molar-refractivity contribution is -0.129. The average molecular weight is 474 g/mol. The minimum absolute atomic E-state index is 0.0461. The molecule has 1 saturated heterocycles. The number of furan rings is 1. The fraction of sp³-hybridized carbons (Fsp3) is 0.269. The second-order valence-corrected chi connectivity index (χ2v) is 9.25. The highest BCUT2D eigenvalue weighted by Crippen LogP contribution is 2.38. The lowest BCUT2D eigenvalue weighted by atomic mass is 10.0. The Morgan fingerprint density at radius 1 is 1.03 bits per heavy atom. The summed E-state index contributed by atoms with van der Waals surface area (Å²) in [5.74, 6) is 3.06. The third kappa shape index (κ3) is 3.98. The molecule has 0 saturated carbocycles. The third-order valence-electron chi connectivity index (χ3n) is 6.17. The minimum Gasteiger partial charge on any atom is -0.486 e. The van der Waals surface area contributed by atoms with Crippen LogP contribution in [0.1, 0.15) is 24.4 Å². The van der Waals surface area contributed by atoms with Crippen LogP contribution in [0.2, 0.25) is 0 Å². The summed E-state index contributed by atoms with van der Waals surface area (Å²) in [5, 5.41) is 1.71. The zero-order valence-corrected chi connectivity index (χ0v) is 19.3. The van der Waals surface area contributed by atoms with Gasteiger partial charge in [0.15, 0.2) is 23.1 Å². The molecule has 0 radical (unpaired) electrons. The standard InChI is InChI=1S/C26H23N3O4S/c30-24(29-11-3-7-20(29)17-9-10-21-23(15-17)33-14-13-32-21)16-34-26-18-5-1-2-6-19(18)27-25(28-26)22-8-4-12-31-22/h1-2,4-6,8-10,12,15,20H,3,7,11,13-14,16H2. The van der Waals surface area contributed by atoms with Crippen molar-refractivity contribution in [1.82, 2.24) is 14.9 Å². The van der Waals surface area contributed by atoms with E-state index in [4.69, 9.17) is 18.9 Å². The first-order valence-corrected chi connectivity index (χ1v) is 12.4. The van der Waals surface area contributed by atoms with Gasteiger partial charge in [-0.25, -0.2) is 9.97 Å². The Morgan fingerprint density at radius 3 is 2.79 bits per heavy atom. The molecule has 8 heteroatoms. The average Bonchev–Trinajstić information content (AvgIpc) is 3.59. The maximum Gasteiger partial charge on any atom is 0.233 e. The Hall–Kier alpha value is -3.52. The first-order valence-electron chi connectivity index (χ1n) is 11.4. The fourth-order valence-corrected chi connectivity index (χ4v) is 5.47. The number of fused-ring (bicyclic) bond motifs is 2. The topological polar surface area (TPSA) is 77.7 Å². The van der Waals surface area contributed by atoms with E-state index < -0.39 is 0 Å². The van der Waals surface area contributed by atoms with Crippen molar-refractivity contribution in [1.29, 1.82) is 0 Å². The molecule has 2 aliphatic heterocycles. The van der Waals surface area contributed by atoms with Crippen molar-refractivity contribution in [3.05, 3.63) is 66.4 Å². The highest BCUT2D eigenvalue weighted by Gasteiger charge is 2.31. The maximum absolute atomic E-state index is 13.3. The number of amides is 1. The molecule has 0 aliphatic carbocycles. The molecule has 1 fully saturated rings. The maximum atomic E-state index is 13.3. The number of nitrogens with zero attached hydrogens (tertiary/aromatic N) is 3. The second kappa shape index (κ2) is 9.02. The van der Waals surface area contributed by atoms with Gasteiger partial charge in [0.1, 0.15) is 18.2 Å². The van der Waals surface area contributed by atoms with E-state index in [1.54, 1.807) is 6.26 Å². The van der Waals surface area contributed by atoms with Crippen molar-refractivity contribution < 1.29 is 18.7 Å². The molecule has 6 rings (SSSR count). The number of hydrogen-bond acceptors (Lipinski definition) is 7. The molecule has 0 spiro atoms. The van der Waals surface area contributed by atoms with Gasteiger partial charge in [0.2, 0.25) is 5.91 Å². The molecule has 172 valence electrons. The molecule has 7 nitrogen and oxygen atoms in total. The van der Waals surface area contributed by atoms with Gasteiger partial charge in [-0.15, -0.1) is 0 Å². The van der Waals surface area contributed by atoms with Gasteiger partial charge in [-0.3, -0.25) is 4.79 Å². The van der Waals surface area contributed by atoms with Crippen LogP contribution < -0.4 is 9.47 Å². The van der Waals surface area contributed by atoms with Crippen LogP contribution in [0.25, 0.3) is 22.5 Å². The van der Waals surface area contributed by atoms with E-state index in [1.807, 2.05) is 59.5 Å². The molecule has 2 aromatic carbocycles. The molecule has 1 unspecified atom stereocenters. The molecule has 0 bridgehead atoms. The molecule has 34 heavy (non-hydrogen) atoms. The highest BCUT2D eigenvalue weighted by atomic mass is 32.2. The molecular weight excluding hydrogens is 450 g/mol. The molecule has 2 aromatic heterocycles. The van der Waals surface area contributed by atoms with Crippen molar-refractivity contribution >= 4 is 28.6 Å². The lowest BCUT2D eigenvalue weighted by Crippen LogP contribution is -2.32. The smallest absolute Gasteiger partial charge is 0.233 e. The second-order valence-electron chi connectivity index (χ2n) is 8.28. The lowest BCUT2D eigenvalue weighted by Gasteiger charge is -2.26. The number of aromatic nitrogens is 2. The zero-order chi connectivity index (χ0) is 22.9. The number of likely N-dealkylation sites (tertiary alicyclic amines) is 1. The monoisotopic (exact) mass is 473 g/mol. The predicted molar refractivity (Wildman–Crippen MR) is 129 cm³/mol. The number of para-hydroxylation sites is 1. The van der Waals surface area contributed by atoms with E-state index in [0.29, 0.717) is 30.6 Å². The van der Waals surface area contributed by atoms with Gasteiger partial charge in [0.25, 0.3) is 0 Å². The molecule has 2 aliphatic rings. The van der Waals surface area contributed by atoms with Crippen LogP contribution in [0.15, 0.2) is 70.3 Å². The van der Waals surface area contributed by atoms with Crippen LogP contribution in [-0.4, -0.2) is 46.3 Å². The van der Waals surface area contributed by atoms with Gasteiger partial charge in [0.05, 0.1) is 23.6 Å². The number of carbonyl (C=O) groups excluding carboxylic acids is 1. The molecule has 0 N–H and O–H groups in total. The van der Waals surface area contributed by atoms with Crippen molar-refractivity contribution in [3.8, 4) is 23.1 Å². The quantitative estimate of drug-likeness (QED) is 0.294. The van der Waals surface area contributed by atoms with Crippen LogP contribution in [0.3, 0.4) is 0 Å². The summed E-state index contributed by atoms with van der Waals surface area (Å²) in [7, 11) is 0. The Bertz CT molecular complexity index is 1340. The summed E-state index contributed by atoms with van der Waals surface area (Å²) in [4.78, 5) is 24.7. The van der Waals surface area contributed by atoms with Crippen molar-refractivity contribution in [2.75, 3.05) is 25.5 Å². The number of ether oxygens (including phenoxy) is 2. The Morgan fingerprint density at radius 2 is 1.91 bits per heavy atom. The van der Waals surface area contributed by atoms with E-state index in [-0.39, 0.29) is 11.9 Å². The van der Waals surface area contributed by atoms with Crippen LogP contribution in [0.4, 0.5) is 0 Å². The largest absolute Gasteiger partial charge is 0.486 e. The van der Waals surface area contributed by atoms with Crippen LogP contribution in [0.5, 0.6) is 11.5 Å². The number of thioether (sulfide) groups is 1. The number of hydrogen-bond donors (Lipinski definition) is 0. The summed E-state index contributed by atoms with van der Waals surface area (Å²) in [5.41, 5.74) is 1.92. The highest BCUT2D eigenvalue weighted by molar-refractivity contribution is 8.00. The van der Waals surface area contributed by atoms with Gasteiger partial charge in [-0.2, -0.15) is 0 Å². The first kappa shape index (κ1) is 21.0. The minimum atomic E-state index is 0.0461. The number of carbonyl (C=O) groups is 1. The van der Waals surface area contributed by atoms with Gasteiger partial charge in [-0.1, -0.05) is 36.0 Å². The fourth-order valence-electron chi connectivity index (χ4n) is 4.57. The van der Waals surface area contributed by atoms with Crippen molar-refractivity contribution in [2.45, 2.75) is 23.9 Å². The summed E-state index contributed by atoms with van der Waals surface area (Å²) in [6.07, 6.45) is 3.53. The van der Waals surface area contributed by atoms with E-state index in [2.05, 4.69) is 4.98 Å². The summed E-state index contributed by atoms with van der Waals surface area (Å²) < 4.78 is 16.9. The van der Waals surface area contributed by atoms with Gasteiger partial charge < -0.3 is 18.8 Å². The van der Waals surface area contributed by atoms with Crippen LogP contribution in [-0.2, 0) is 4.79 Å². The van der Waals surface area contributed by atoms with E-state index in [0.717, 1.165) is 52.4 Å². The van der Waals surface area contributed by atoms with Gasteiger partial charge >= 0.3 is 0 Å². The summed E-state index contributed by atoms with van der Waals surface area (Å²) in [6.45, 7) is 1.87. The van der Waals surface area contributed by atoms with E-state index >= 15 is 0 Å². The Balaban J connectivity index is 1.23. The van der Waals surface area contributed by atoms with Crippen LogP contribution >= 0.6 is 11.8 Å². The summed E-state index contributed by atoms with van der Waals surface area (Å²) >= 11 is 1.45. The molecule has 4 aromatic rings. The molecule has 1 atom stereocenters. The normalized spacial score (nSPS) is 17.3. The first-order chi connectivity index (χ1) is 16.8. The zero-order valence-electron chi connectivity index (χ0n) is 18.5. The number of benzene rings is 2. The molecule has 4 heterocycles. The van der Waals surface area contributed by atoms with Gasteiger partial charge in [-0.05, 0) is 48.7 Å². The van der Waals surface area contributed by atoms with Crippen molar-refractivity contribution in [2.24, 2.45) is 0 Å². The van der Waals surface area contributed by atoms with E-state index in [1.165, 1.54) is 11.8 Å². The predicted octanol–water partition coefficient (Wildman–Crippen LogP) is 5.12. The van der Waals surface area contributed by atoms with E-state index in [9.17, 15) is 4.79 Å². The Labute approximate surface area is 201 Å². The third-order valence-corrected chi connectivity index (χ3v) is 7.14. The molecular formula is C26H23N3O4S. The van der Waals surface area contributed by atoms with Gasteiger partial charge in [0, 0.05) is 11.9 Å². The molecule has 1 amide bonds.